The van der Waals surface area contributed by atoms with Gasteiger partial charge in [0, 0.05) is 29.1 Å². The van der Waals surface area contributed by atoms with E-state index < -0.39 is 0 Å². The lowest BCUT2D eigenvalue weighted by Crippen LogP contribution is -2.35. The van der Waals surface area contributed by atoms with Crippen molar-refractivity contribution in [2.24, 2.45) is 0 Å². The summed E-state index contributed by atoms with van der Waals surface area (Å²) in [5, 5.41) is 3.09. The van der Waals surface area contributed by atoms with Gasteiger partial charge < -0.3 is 15.0 Å². The Hall–Kier alpha value is -1.85. The van der Waals surface area contributed by atoms with Gasteiger partial charge in [0.2, 0.25) is 0 Å². The van der Waals surface area contributed by atoms with Gasteiger partial charge in [-0.2, -0.15) is 0 Å². The van der Waals surface area contributed by atoms with Crippen molar-refractivity contribution >= 4 is 17.2 Å². The lowest BCUT2D eigenvalue weighted by Gasteiger charge is -2.19. The molecule has 1 fully saturated rings. The number of para-hydroxylation sites is 1. The molecule has 0 radical (unpaired) electrons. The van der Waals surface area contributed by atoms with E-state index in [1.165, 1.54) is 30.6 Å². The summed E-state index contributed by atoms with van der Waals surface area (Å²) in [6.07, 6.45) is 5.25. The predicted molar refractivity (Wildman–Crippen MR) is 101 cm³/mol. The number of fused-ring (bicyclic) bond motifs is 3. The van der Waals surface area contributed by atoms with Gasteiger partial charge in [0.1, 0.15) is 12.4 Å². The maximum Gasteiger partial charge on any atom is 0.261 e. The van der Waals surface area contributed by atoms with Crippen molar-refractivity contribution in [1.29, 1.82) is 0 Å². The number of carbonyl (C=O) groups excluding carboxylic acids is 1. The molecular weight excluding hydrogens is 332 g/mol. The van der Waals surface area contributed by atoms with Crippen LogP contribution >= 0.6 is 11.3 Å². The zero-order chi connectivity index (χ0) is 17.1. The van der Waals surface area contributed by atoms with Gasteiger partial charge in [0.15, 0.2) is 0 Å². The number of likely N-dealkylation sites (tertiary alicyclic amines) is 1. The molecule has 25 heavy (non-hydrogen) atoms. The fourth-order valence-corrected chi connectivity index (χ4v) is 4.70. The number of hydrogen-bond acceptors (Lipinski definition) is 4. The van der Waals surface area contributed by atoms with Crippen LogP contribution in [-0.4, -0.2) is 37.0 Å². The zero-order valence-corrected chi connectivity index (χ0v) is 15.2. The van der Waals surface area contributed by atoms with Gasteiger partial charge in [-0.1, -0.05) is 25.0 Å². The highest BCUT2D eigenvalue weighted by Crippen LogP contribution is 2.42. The molecule has 1 N–H and O–H groups in total. The standard InChI is InChI=1S/C20H24N2O2S/c23-20(21-9-12-22-10-5-1-2-6-11-22)18-13-15-14-24-17-8-4-3-7-16(17)19(15)25-18/h3-4,7-8,13H,1-2,5-6,9-12,14H2,(H,21,23). The second-order valence-electron chi connectivity index (χ2n) is 6.76. The van der Waals surface area contributed by atoms with Gasteiger partial charge in [-0.3, -0.25) is 4.79 Å². The lowest BCUT2D eigenvalue weighted by molar-refractivity contribution is 0.0952. The highest BCUT2D eigenvalue weighted by atomic mass is 32.1. The monoisotopic (exact) mass is 356 g/mol. The molecule has 2 aliphatic rings. The van der Waals surface area contributed by atoms with Crippen LogP contribution in [-0.2, 0) is 6.61 Å². The van der Waals surface area contributed by atoms with Crippen LogP contribution in [0, 0.1) is 0 Å². The Morgan fingerprint density at radius 1 is 1.16 bits per heavy atom. The second-order valence-corrected chi connectivity index (χ2v) is 7.81. The third-order valence-electron chi connectivity index (χ3n) is 4.96. The van der Waals surface area contributed by atoms with Gasteiger partial charge in [-0.05, 0) is 44.1 Å². The molecule has 5 heteroatoms. The summed E-state index contributed by atoms with van der Waals surface area (Å²) in [4.78, 5) is 16.9. The topological polar surface area (TPSA) is 41.6 Å². The summed E-state index contributed by atoms with van der Waals surface area (Å²) in [5.74, 6) is 0.941. The number of nitrogens with one attached hydrogen (secondary N) is 1. The van der Waals surface area contributed by atoms with Crippen molar-refractivity contribution in [2.45, 2.75) is 32.3 Å². The van der Waals surface area contributed by atoms with Crippen molar-refractivity contribution in [3.8, 4) is 16.2 Å². The van der Waals surface area contributed by atoms with Crippen molar-refractivity contribution in [1.82, 2.24) is 10.2 Å². The van der Waals surface area contributed by atoms with Crippen molar-refractivity contribution < 1.29 is 9.53 Å². The predicted octanol–water partition coefficient (Wildman–Crippen LogP) is 3.91. The van der Waals surface area contributed by atoms with Crippen LogP contribution in [0.2, 0.25) is 0 Å². The highest BCUT2D eigenvalue weighted by molar-refractivity contribution is 7.17. The summed E-state index contributed by atoms with van der Waals surface area (Å²) in [6.45, 7) is 4.54. The maximum atomic E-state index is 12.5. The zero-order valence-electron chi connectivity index (χ0n) is 14.4. The summed E-state index contributed by atoms with van der Waals surface area (Å²) >= 11 is 1.57. The third kappa shape index (κ3) is 3.72. The number of nitrogens with zero attached hydrogens (tertiary/aromatic N) is 1. The van der Waals surface area contributed by atoms with Crippen LogP contribution in [0.5, 0.6) is 5.75 Å². The molecule has 1 aromatic carbocycles. The molecule has 4 nitrogen and oxygen atoms in total. The van der Waals surface area contributed by atoms with Crippen LogP contribution in [0.1, 0.15) is 40.9 Å². The van der Waals surface area contributed by atoms with Crippen LogP contribution in [0.3, 0.4) is 0 Å². The maximum absolute atomic E-state index is 12.5. The Kier molecular flexibility index (Phi) is 5.04. The SMILES string of the molecule is O=C(NCCN1CCCCCC1)c1cc2c(s1)-c1ccccc1OC2. The first kappa shape index (κ1) is 16.6. The van der Waals surface area contributed by atoms with Crippen molar-refractivity contribution in [3.63, 3.8) is 0 Å². The molecule has 132 valence electrons. The smallest absolute Gasteiger partial charge is 0.261 e. The van der Waals surface area contributed by atoms with Crippen LogP contribution in [0.15, 0.2) is 30.3 Å². The minimum absolute atomic E-state index is 0.0340. The van der Waals surface area contributed by atoms with E-state index >= 15 is 0 Å². The number of carbonyl (C=O) groups is 1. The van der Waals surface area contributed by atoms with Gasteiger partial charge in [-0.15, -0.1) is 11.3 Å². The van der Waals surface area contributed by atoms with Crippen molar-refractivity contribution in [3.05, 3.63) is 40.8 Å². The Bertz CT molecular complexity index is 748. The summed E-state index contributed by atoms with van der Waals surface area (Å²) in [7, 11) is 0. The molecule has 0 spiro atoms. The van der Waals surface area contributed by atoms with Gasteiger partial charge in [-0.25, -0.2) is 0 Å². The van der Waals surface area contributed by atoms with E-state index in [1.54, 1.807) is 11.3 Å². The van der Waals surface area contributed by atoms with E-state index in [2.05, 4.69) is 16.3 Å². The van der Waals surface area contributed by atoms with E-state index in [1.807, 2.05) is 24.3 Å². The number of hydrogen-bond donors (Lipinski definition) is 1. The molecule has 1 saturated heterocycles. The summed E-state index contributed by atoms with van der Waals surface area (Å²) in [6, 6.07) is 10.0. The first-order chi connectivity index (χ1) is 12.3. The van der Waals surface area contributed by atoms with Crippen LogP contribution in [0.4, 0.5) is 0 Å². The number of ether oxygens (including phenoxy) is 1. The van der Waals surface area contributed by atoms with E-state index in [9.17, 15) is 4.79 Å². The molecule has 3 heterocycles. The molecule has 2 aromatic rings. The van der Waals surface area contributed by atoms with E-state index in [0.29, 0.717) is 13.2 Å². The third-order valence-corrected chi connectivity index (χ3v) is 6.17. The molecular formula is C20H24N2O2S. The summed E-state index contributed by atoms with van der Waals surface area (Å²) < 4.78 is 5.78. The van der Waals surface area contributed by atoms with E-state index in [0.717, 1.165) is 41.4 Å². The van der Waals surface area contributed by atoms with Gasteiger partial charge in [0.05, 0.1) is 4.88 Å². The summed E-state index contributed by atoms with van der Waals surface area (Å²) in [5.41, 5.74) is 2.21. The molecule has 0 saturated carbocycles. The lowest BCUT2D eigenvalue weighted by atomic mass is 10.1. The quantitative estimate of drug-likeness (QED) is 0.903. The van der Waals surface area contributed by atoms with Crippen LogP contribution < -0.4 is 10.1 Å². The fraction of sp³-hybridized carbons (Fsp3) is 0.450. The Balaban J connectivity index is 1.38. The van der Waals surface area contributed by atoms with Gasteiger partial charge >= 0.3 is 0 Å². The average molecular weight is 356 g/mol. The fourth-order valence-electron chi connectivity index (χ4n) is 3.59. The first-order valence-electron chi connectivity index (χ1n) is 9.17. The number of thiophene rings is 1. The van der Waals surface area contributed by atoms with E-state index in [4.69, 9.17) is 4.74 Å². The molecule has 0 unspecified atom stereocenters. The molecule has 0 bridgehead atoms. The Morgan fingerprint density at radius 3 is 2.80 bits per heavy atom. The molecule has 0 aliphatic carbocycles. The number of rotatable bonds is 4. The number of amides is 1. The second kappa shape index (κ2) is 7.58. The normalized spacial score (nSPS) is 17.1. The average Bonchev–Trinajstić information content (AvgIpc) is 2.92. The largest absolute Gasteiger partial charge is 0.488 e. The van der Waals surface area contributed by atoms with Gasteiger partial charge in [0.25, 0.3) is 5.91 Å². The molecule has 1 amide bonds. The Morgan fingerprint density at radius 2 is 1.96 bits per heavy atom. The van der Waals surface area contributed by atoms with Crippen molar-refractivity contribution in [2.75, 3.05) is 26.2 Å². The minimum atomic E-state index is 0.0340. The van der Waals surface area contributed by atoms with E-state index in [-0.39, 0.29) is 5.91 Å². The number of benzene rings is 1. The molecule has 4 rings (SSSR count). The first-order valence-corrected chi connectivity index (χ1v) is 9.98. The molecule has 2 aliphatic heterocycles. The minimum Gasteiger partial charge on any atom is -0.488 e. The molecule has 0 atom stereocenters. The Labute approximate surface area is 152 Å². The highest BCUT2D eigenvalue weighted by Gasteiger charge is 2.22. The molecule has 1 aromatic heterocycles. The van der Waals surface area contributed by atoms with Crippen LogP contribution in [0.25, 0.3) is 10.4 Å².